The molecular formula is C13H15NO4S. The number of carboxylic acid groups (broad SMARTS) is 1. The van der Waals surface area contributed by atoms with Gasteiger partial charge in [-0.2, -0.15) is 0 Å². The molecule has 2 atom stereocenters. The maximum atomic E-state index is 12.4. The Morgan fingerprint density at radius 1 is 1.47 bits per heavy atom. The van der Waals surface area contributed by atoms with Gasteiger partial charge in [0.1, 0.15) is 11.8 Å². The molecule has 1 aliphatic heterocycles. The summed E-state index contributed by atoms with van der Waals surface area (Å²) in [4.78, 5) is 25.0. The minimum Gasteiger partial charge on any atom is -0.497 e. The monoisotopic (exact) mass is 281 g/mol. The normalized spacial score (nSPS) is 22.3. The van der Waals surface area contributed by atoms with Crippen molar-refractivity contribution in [2.45, 2.75) is 18.3 Å². The van der Waals surface area contributed by atoms with Crippen LogP contribution in [0.5, 0.6) is 5.75 Å². The summed E-state index contributed by atoms with van der Waals surface area (Å²) in [7, 11) is 1.53. The number of hydrogen-bond donors (Lipinski definition) is 1. The van der Waals surface area contributed by atoms with Gasteiger partial charge in [-0.25, -0.2) is 4.79 Å². The van der Waals surface area contributed by atoms with Crippen LogP contribution in [-0.2, 0) is 4.79 Å². The number of ether oxygens (including phenoxy) is 1. The zero-order valence-electron chi connectivity index (χ0n) is 10.7. The fourth-order valence-corrected chi connectivity index (χ4v) is 3.21. The zero-order valence-corrected chi connectivity index (χ0v) is 11.5. The topological polar surface area (TPSA) is 66.8 Å². The summed E-state index contributed by atoms with van der Waals surface area (Å²) in [6.45, 7) is 1.84. The van der Waals surface area contributed by atoms with Crippen LogP contribution in [0.4, 0.5) is 0 Å². The molecule has 5 nitrogen and oxygen atoms in total. The molecule has 19 heavy (non-hydrogen) atoms. The van der Waals surface area contributed by atoms with Crippen molar-refractivity contribution < 1.29 is 19.4 Å². The summed E-state index contributed by atoms with van der Waals surface area (Å²) >= 11 is 1.47. The van der Waals surface area contributed by atoms with Gasteiger partial charge in [0.2, 0.25) is 0 Å². The van der Waals surface area contributed by atoms with Gasteiger partial charge in [-0.05, 0) is 25.1 Å². The molecule has 1 aromatic rings. The van der Waals surface area contributed by atoms with Gasteiger partial charge in [-0.3, -0.25) is 4.79 Å². The highest BCUT2D eigenvalue weighted by Crippen LogP contribution is 2.30. The number of rotatable bonds is 3. The largest absolute Gasteiger partial charge is 0.497 e. The Morgan fingerprint density at radius 2 is 2.21 bits per heavy atom. The molecule has 1 heterocycles. The Kier molecular flexibility index (Phi) is 3.99. The number of methoxy groups -OCH3 is 1. The van der Waals surface area contributed by atoms with E-state index < -0.39 is 12.0 Å². The SMILES string of the molecule is COc1cccc(C(=O)N2C(C)SCC2C(=O)O)c1. The fraction of sp³-hybridized carbons (Fsp3) is 0.385. The van der Waals surface area contributed by atoms with E-state index in [1.54, 1.807) is 24.3 Å². The van der Waals surface area contributed by atoms with E-state index in [2.05, 4.69) is 0 Å². The third-order valence-electron chi connectivity index (χ3n) is 3.06. The van der Waals surface area contributed by atoms with Gasteiger partial charge in [0.25, 0.3) is 5.91 Å². The van der Waals surface area contributed by atoms with Gasteiger partial charge in [-0.1, -0.05) is 6.07 Å². The Hall–Kier alpha value is -1.69. The number of nitrogens with zero attached hydrogens (tertiary/aromatic N) is 1. The van der Waals surface area contributed by atoms with Crippen molar-refractivity contribution in [3.63, 3.8) is 0 Å². The zero-order chi connectivity index (χ0) is 14.0. The second-order valence-electron chi connectivity index (χ2n) is 4.23. The number of hydrogen-bond acceptors (Lipinski definition) is 4. The van der Waals surface area contributed by atoms with E-state index in [1.165, 1.54) is 23.8 Å². The lowest BCUT2D eigenvalue weighted by Gasteiger charge is -2.25. The molecule has 1 aromatic carbocycles. The van der Waals surface area contributed by atoms with Crippen molar-refractivity contribution in [1.82, 2.24) is 4.90 Å². The number of carbonyl (C=O) groups excluding carboxylic acids is 1. The highest BCUT2D eigenvalue weighted by Gasteiger charge is 2.39. The summed E-state index contributed by atoms with van der Waals surface area (Å²) in [6, 6.07) is 5.98. The maximum Gasteiger partial charge on any atom is 0.327 e. The van der Waals surface area contributed by atoms with Crippen molar-refractivity contribution in [2.24, 2.45) is 0 Å². The van der Waals surface area contributed by atoms with Crippen molar-refractivity contribution in [3.05, 3.63) is 29.8 Å². The van der Waals surface area contributed by atoms with E-state index >= 15 is 0 Å². The lowest BCUT2D eigenvalue weighted by molar-refractivity contribution is -0.141. The van der Waals surface area contributed by atoms with Gasteiger partial charge in [0.05, 0.1) is 12.5 Å². The minimum atomic E-state index is -0.965. The number of aliphatic carboxylic acids is 1. The fourth-order valence-electron chi connectivity index (χ4n) is 2.05. The average Bonchev–Trinajstić information content (AvgIpc) is 2.80. The van der Waals surface area contributed by atoms with Crippen LogP contribution < -0.4 is 4.74 Å². The van der Waals surface area contributed by atoms with Crippen LogP contribution >= 0.6 is 11.8 Å². The molecule has 0 aromatic heterocycles. The highest BCUT2D eigenvalue weighted by atomic mass is 32.2. The molecule has 1 aliphatic rings. The molecule has 1 fully saturated rings. The van der Waals surface area contributed by atoms with E-state index in [-0.39, 0.29) is 11.3 Å². The van der Waals surface area contributed by atoms with E-state index in [1.807, 2.05) is 6.92 Å². The van der Waals surface area contributed by atoms with Crippen molar-refractivity contribution in [1.29, 1.82) is 0 Å². The van der Waals surface area contributed by atoms with Gasteiger partial charge in [-0.15, -0.1) is 11.8 Å². The van der Waals surface area contributed by atoms with Crippen LogP contribution in [0, 0.1) is 0 Å². The second kappa shape index (κ2) is 5.52. The molecule has 1 amide bonds. The van der Waals surface area contributed by atoms with Crippen LogP contribution in [0.15, 0.2) is 24.3 Å². The molecule has 0 aliphatic carbocycles. The van der Waals surface area contributed by atoms with Crippen molar-refractivity contribution in [2.75, 3.05) is 12.9 Å². The lowest BCUT2D eigenvalue weighted by atomic mass is 10.1. The van der Waals surface area contributed by atoms with Crippen LogP contribution in [0.2, 0.25) is 0 Å². The summed E-state index contributed by atoms with van der Waals surface area (Å²) in [5.41, 5.74) is 0.444. The molecule has 1 N–H and O–H groups in total. The van der Waals surface area contributed by atoms with Gasteiger partial charge >= 0.3 is 5.97 Å². The Labute approximate surface area is 115 Å². The van der Waals surface area contributed by atoms with Gasteiger partial charge < -0.3 is 14.7 Å². The smallest absolute Gasteiger partial charge is 0.327 e. The summed E-state index contributed by atoms with van der Waals surface area (Å²) in [6.07, 6.45) is 0. The van der Waals surface area contributed by atoms with Gasteiger partial charge in [0.15, 0.2) is 0 Å². The number of carbonyl (C=O) groups is 2. The molecule has 1 saturated heterocycles. The second-order valence-corrected chi connectivity index (χ2v) is 5.58. The van der Waals surface area contributed by atoms with E-state index in [0.29, 0.717) is 17.1 Å². The molecule has 0 radical (unpaired) electrons. The summed E-state index contributed by atoms with van der Waals surface area (Å²) in [5, 5.41) is 9.03. The Balaban J connectivity index is 2.28. The minimum absolute atomic E-state index is 0.139. The standard InChI is InChI=1S/C13H15NO4S/c1-8-14(11(7-19-8)13(16)17)12(15)9-4-3-5-10(6-9)18-2/h3-6,8,11H,7H2,1-2H3,(H,16,17). The van der Waals surface area contributed by atoms with Crippen LogP contribution in [-0.4, -0.2) is 46.2 Å². The molecule has 2 unspecified atom stereocenters. The molecule has 0 bridgehead atoms. The van der Waals surface area contributed by atoms with Crippen molar-refractivity contribution in [3.8, 4) is 5.75 Å². The molecule has 0 saturated carbocycles. The summed E-state index contributed by atoms with van der Waals surface area (Å²) in [5.74, 6) is -0.235. The maximum absolute atomic E-state index is 12.4. The van der Waals surface area contributed by atoms with Crippen LogP contribution in [0.1, 0.15) is 17.3 Å². The van der Waals surface area contributed by atoms with Crippen LogP contribution in [0.25, 0.3) is 0 Å². The highest BCUT2D eigenvalue weighted by molar-refractivity contribution is 8.00. The predicted molar refractivity (Wildman–Crippen MR) is 72.5 cm³/mol. The quantitative estimate of drug-likeness (QED) is 0.913. The lowest BCUT2D eigenvalue weighted by Crippen LogP contribution is -2.44. The first-order valence-corrected chi connectivity index (χ1v) is 6.90. The van der Waals surface area contributed by atoms with E-state index in [9.17, 15) is 9.59 Å². The average molecular weight is 281 g/mol. The molecule has 102 valence electrons. The third kappa shape index (κ3) is 2.68. The number of carboxylic acids is 1. The Bertz CT molecular complexity index is 505. The number of thioether (sulfide) groups is 1. The predicted octanol–water partition coefficient (Wildman–Crippen LogP) is 1.68. The van der Waals surface area contributed by atoms with Crippen molar-refractivity contribution >= 4 is 23.6 Å². The molecule has 0 spiro atoms. The summed E-state index contributed by atoms with van der Waals surface area (Å²) < 4.78 is 5.08. The first kappa shape index (κ1) is 13.7. The first-order chi connectivity index (χ1) is 9.04. The third-order valence-corrected chi connectivity index (χ3v) is 4.28. The van der Waals surface area contributed by atoms with E-state index in [4.69, 9.17) is 9.84 Å². The van der Waals surface area contributed by atoms with Crippen LogP contribution in [0.3, 0.4) is 0 Å². The first-order valence-electron chi connectivity index (χ1n) is 5.85. The molecular weight excluding hydrogens is 266 g/mol. The molecule has 6 heteroatoms. The number of amides is 1. The van der Waals surface area contributed by atoms with E-state index in [0.717, 1.165) is 0 Å². The Morgan fingerprint density at radius 3 is 2.84 bits per heavy atom. The molecule has 2 rings (SSSR count). The number of benzene rings is 1. The van der Waals surface area contributed by atoms with Gasteiger partial charge in [0, 0.05) is 11.3 Å².